The van der Waals surface area contributed by atoms with Crippen molar-refractivity contribution in [2.75, 3.05) is 6.61 Å². The van der Waals surface area contributed by atoms with Gasteiger partial charge in [0.25, 0.3) is 5.56 Å². The Kier molecular flexibility index (Phi) is 5.64. The second-order valence-electron chi connectivity index (χ2n) is 7.06. The lowest BCUT2D eigenvalue weighted by Gasteiger charge is -2.23. The fourth-order valence-electron chi connectivity index (χ4n) is 3.37. The number of H-pyrrole nitrogens is 1. The van der Waals surface area contributed by atoms with Crippen LogP contribution in [0.15, 0.2) is 53.3 Å². The predicted molar refractivity (Wildman–Crippen MR) is 111 cm³/mol. The predicted octanol–water partition coefficient (Wildman–Crippen LogP) is 3.46. The van der Waals surface area contributed by atoms with Crippen molar-refractivity contribution in [1.29, 1.82) is 5.26 Å². The molecule has 4 nitrogen and oxygen atoms in total. The second-order valence-corrected chi connectivity index (χ2v) is 7.06. The smallest absolute Gasteiger partial charge is 0.251 e. The molecule has 0 fully saturated rings. The Morgan fingerprint density at radius 3 is 2.71 bits per heavy atom. The van der Waals surface area contributed by atoms with Crippen LogP contribution in [-0.4, -0.2) is 16.7 Å². The molecule has 0 spiro atoms. The van der Waals surface area contributed by atoms with Crippen molar-refractivity contribution >= 4 is 10.9 Å². The van der Waals surface area contributed by atoms with Gasteiger partial charge in [0, 0.05) is 16.6 Å². The minimum absolute atomic E-state index is 0.0824. The molecule has 140 valence electrons. The Labute approximate surface area is 164 Å². The number of pyridine rings is 1. The van der Waals surface area contributed by atoms with E-state index < -0.39 is 5.41 Å². The molecule has 0 bridgehead atoms. The van der Waals surface area contributed by atoms with Gasteiger partial charge in [-0.15, -0.1) is 0 Å². The zero-order valence-corrected chi connectivity index (χ0v) is 16.0. The van der Waals surface area contributed by atoms with Gasteiger partial charge in [-0.1, -0.05) is 43.0 Å². The summed E-state index contributed by atoms with van der Waals surface area (Å²) in [5.74, 6) is 5.54. The van der Waals surface area contributed by atoms with Gasteiger partial charge in [-0.25, -0.2) is 0 Å². The highest BCUT2D eigenvalue weighted by molar-refractivity contribution is 5.80. The van der Waals surface area contributed by atoms with E-state index in [4.69, 9.17) is 5.11 Å². The molecule has 4 heteroatoms. The lowest BCUT2D eigenvalue weighted by Crippen LogP contribution is -2.23. The maximum Gasteiger partial charge on any atom is 0.251 e. The largest absolute Gasteiger partial charge is 0.384 e. The number of benzene rings is 2. The van der Waals surface area contributed by atoms with E-state index in [1.54, 1.807) is 0 Å². The van der Waals surface area contributed by atoms with Crippen LogP contribution < -0.4 is 5.56 Å². The number of nitrogens with one attached hydrogen (secondary N) is 1. The van der Waals surface area contributed by atoms with Gasteiger partial charge in [0.05, 0.1) is 11.5 Å². The fraction of sp³-hybridized carbons (Fsp3) is 0.250. The Bertz CT molecular complexity index is 1170. The highest BCUT2D eigenvalue weighted by atomic mass is 16.2. The van der Waals surface area contributed by atoms with Crippen LogP contribution in [0.3, 0.4) is 0 Å². The molecule has 1 atom stereocenters. The molecular weight excluding hydrogens is 348 g/mol. The molecule has 2 aromatic carbocycles. The molecule has 0 aliphatic rings. The number of hydrogen-bond donors (Lipinski definition) is 2. The number of fused-ring (bicyclic) bond motifs is 1. The van der Waals surface area contributed by atoms with E-state index in [0.717, 1.165) is 33.2 Å². The number of aliphatic hydroxyl groups is 1. The molecule has 0 unspecified atom stereocenters. The topological polar surface area (TPSA) is 76.9 Å². The average Bonchev–Trinajstić information content (AvgIpc) is 2.71. The first kappa shape index (κ1) is 19.4. The van der Waals surface area contributed by atoms with Gasteiger partial charge in [0.15, 0.2) is 0 Å². The summed E-state index contributed by atoms with van der Waals surface area (Å²) in [7, 11) is 0. The van der Waals surface area contributed by atoms with Crippen molar-refractivity contribution in [3.63, 3.8) is 0 Å². The van der Waals surface area contributed by atoms with E-state index in [1.165, 1.54) is 0 Å². The Morgan fingerprint density at radius 2 is 2.00 bits per heavy atom. The van der Waals surface area contributed by atoms with Gasteiger partial charge < -0.3 is 10.1 Å². The van der Waals surface area contributed by atoms with Gasteiger partial charge in [-0.3, -0.25) is 4.79 Å². The van der Waals surface area contributed by atoms with Crippen LogP contribution in [0.2, 0.25) is 0 Å². The van der Waals surface area contributed by atoms with Crippen molar-refractivity contribution in [3.8, 4) is 17.9 Å². The Morgan fingerprint density at radius 1 is 1.18 bits per heavy atom. The van der Waals surface area contributed by atoms with Crippen LogP contribution in [0.1, 0.15) is 36.1 Å². The highest BCUT2D eigenvalue weighted by Crippen LogP contribution is 2.30. The van der Waals surface area contributed by atoms with Gasteiger partial charge in [0.2, 0.25) is 0 Å². The molecule has 3 rings (SSSR count). The van der Waals surface area contributed by atoms with E-state index in [1.807, 2.05) is 62.4 Å². The number of rotatable bonds is 4. The number of aliphatic hydroxyl groups excluding tert-OH is 1. The fourth-order valence-corrected chi connectivity index (χ4v) is 3.37. The van der Waals surface area contributed by atoms with Crippen LogP contribution in [0, 0.1) is 23.2 Å². The van der Waals surface area contributed by atoms with Gasteiger partial charge >= 0.3 is 0 Å². The Hall–Kier alpha value is -3.34. The van der Waals surface area contributed by atoms with E-state index >= 15 is 0 Å². The summed E-state index contributed by atoms with van der Waals surface area (Å²) in [6, 6.07) is 17.8. The quantitative estimate of drug-likeness (QED) is 0.691. The van der Waals surface area contributed by atoms with E-state index in [-0.39, 0.29) is 12.2 Å². The monoisotopic (exact) mass is 370 g/mol. The minimum Gasteiger partial charge on any atom is -0.384 e. The average molecular weight is 370 g/mol. The normalized spacial score (nSPS) is 12.6. The van der Waals surface area contributed by atoms with Crippen molar-refractivity contribution in [2.24, 2.45) is 0 Å². The minimum atomic E-state index is -0.752. The SMILES string of the molecule is CCc1cc2ccc([C@@](C)(C#N)Cc3cccc(C#CCO)c3)cc2[nH]c1=O. The van der Waals surface area contributed by atoms with Crippen LogP contribution in [0.25, 0.3) is 10.9 Å². The standard InChI is InChI=1S/C24H22N2O2/c1-3-19-13-20-9-10-21(14-22(20)26-23(19)28)24(2,16-25)15-18-7-4-6-17(12-18)8-5-11-27/h4,6-7,9-10,12-14,27H,3,11,15H2,1-2H3,(H,26,28)/t24-/m1/s1. The number of nitrogens with zero attached hydrogens (tertiary/aromatic N) is 1. The summed E-state index contributed by atoms with van der Waals surface area (Å²) in [4.78, 5) is 15.1. The lowest BCUT2D eigenvalue weighted by atomic mass is 9.78. The molecule has 2 N–H and O–H groups in total. The zero-order chi connectivity index (χ0) is 20.1. The molecule has 3 aromatic rings. The third-order valence-electron chi connectivity index (χ3n) is 4.98. The number of nitriles is 1. The van der Waals surface area contributed by atoms with Crippen LogP contribution in [0.4, 0.5) is 0 Å². The second kappa shape index (κ2) is 8.13. The van der Waals surface area contributed by atoms with Crippen molar-refractivity contribution in [3.05, 3.63) is 81.1 Å². The first-order valence-corrected chi connectivity index (χ1v) is 9.25. The number of aromatic amines is 1. The number of aryl methyl sites for hydroxylation is 1. The van der Waals surface area contributed by atoms with Crippen molar-refractivity contribution in [1.82, 2.24) is 4.98 Å². The van der Waals surface area contributed by atoms with Crippen LogP contribution >= 0.6 is 0 Å². The third kappa shape index (κ3) is 3.98. The first-order chi connectivity index (χ1) is 13.5. The molecule has 0 aliphatic heterocycles. The number of hydrogen-bond acceptors (Lipinski definition) is 3. The molecule has 1 heterocycles. The van der Waals surface area contributed by atoms with Crippen LogP contribution in [-0.2, 0) is 18.3 Å². The molecule has 0 amide bonds. The summed E-state index contributed by atoms with van der Waals surface area (Å²) in [5.41, 5.74) is 3.31. The van der Waals surface area contributed by atoms with E-state index in [9.17, 15) is 10.1 Å². The van der Waals surface area contributed by atoms with E-state index in [0.29, 0.717) is 12.8 Å². The molecule has 0 saturated carbocycles. The molecular formula is C24H22N2O2. The summed E-state index contributed by atoms with van der Waals surface area (Å²) >= 11 is 0. The molecule has 0 aliphatic carbocycles. The highest BCUT2D eigenvalue weighted by Gasteiger charge is 2.27. The van der Waals surface area contributed by atoms with Gasteiger partial charge in [-0.05, 0) is 60.5 Å². The summed E-state index contributed by atoms with van der Waals surface area (Å²) in [6.45, 7) is 3.67. The van der Waals surface area contributed by atoms with Gasteiger partial charge in [0.1, 0.15) is 6.61 Å². The van der Waals surface area contributed by atoms with E-state index in [2.05, 4.69) is 22.9 Å². The summed E-state index contributed by atoms with van der Waals surface area (Å²) in [5, 5.41) is 19.8. The molecule has 28 heavy (non-hydrogen) atoms. The van der Waals surface area contributed by atoms with Gasteiger partial charge in [-0.2, -0.15) is 5.26 Å². The van der Waals surface area contributed by atoms with Crippen LogP contribution in [0.5, 0.6) is 0 Å². The third-order valence-corrected chi connectivity index (χ3v) is 4.98. The number of aromatic nitrogens is 1. The molecule has 0 saturated heterocycles. The molecule has 1 aromatic heterocycles. The Balaban J connectivity index is 2.00. The summed E-state index contributed by atoms with van der Waals surface area (Å²) < 4.78 is 0. The maximum absolute atomic E-state index is 12.2. The van der Waals surface area contributed by atoms with Crippen molar-refractivity contribution < 1.29 is 5.11 Å². The van der Waals surface area contributed by atoms with Crippen molar-refractivity contribution in [2.45, 2.75) is 32.1 Å². The summed E-state index contributed by atoms with van der Waals surface area (Å²) in [6.07, 6.45) is 1.19. The zero-order valence-electron chi connectivity index (χ0n) is 16.0. The maximum atomic E-state index is 12.2. The molecule has 0 radical (unpaired) electrons. The first-order valence-electron chi connectivity index (χ1n) is 9.25. The lowest BCUT2D eigenvalue weighted by molar-refractivity contribution is 0.350.